The molecule has 2 fully saturated rings. The topological polar surface area (TPSA) is 79.8 Å². The second-order valence-corrected chi connectivity index (χ2v) is 8.44. The number of amides is 1. The van der Waals surface area contributed by atoms with E-state index in [2.05, 4.69) is 37.4 Å². The lowest BCUT2D eigenvalue weighted by molar-refractivity contribution is 0.0854. The number of rotatable bonds is 6. The molecule has 8 nitrogen and oxygen atoms in total. The van der Waals surface area contributed by atoms with Crippen LogP contribution in [0.5, 0.6) is 5.75 Å². The molecule has 1 unspecified atom stereocenters. The highest BCUT2D eigenvalue weighted by Crippen LogP contribution is 2.28. The molecule has 0 bridgehead atoms. The van der Waals surface area contributed by atoms with Gasteiger partial charge < -0.3 is 24.6 Å². The van der Waals surface area contributed by atoms with Gasteiger partial charge in [-0.1, -0.05) is 30.3 Å². The van der Waals surface area contributed by atoms with Gasteiger partial charge in [-0.05, 0) is 25.0 Å². The molecule has 0 aliphatic carbocycles. The van der Waals surface area contributed by atoms with E-state index in [0.29, 0.717) is 12.2 Å². The van der Waals surface area contributed by atoms with E-state index in [1.807, 2.05) is 36.4 Å². The van der Waals surface area contributed by atoms with Gasteiger partial charge in [-0.25, -0.2) is 0 Å². The smallest absolute Gasteiger partial charge is 0.272 e. The molecule has 2 aliphatic rings. The van der Waals surface area contributed by atoms with Crippen LogP contribution < -0.4 is 19.9 Å². The Labute approximate surface area is 193 Å². The normalized spacial score (nSPS) is 18.5. The maximum atomic E-state index is 12.9. The van der Waals surface area contributed by atoms with E-state index >= 15 is 0 Å². The standard InChI is InChI=1S/C25H29N5O3/c1-32-19-7-4-6-18(16-19)29-11-13-30(14-12-29)24-22-10-3-2-9-21(22)23(27-28-24)25(31)26-17-20-8-5-15-33-20/h2-4,6-7,9-10,16,20H,5,8,11-15,17H2,1H3,(H,26,31). The quantitative estimate of drug-likeness (QED) is 0.622. The fourth-order valence-corrected chi connectivity index (χ4v) is 4.57. The Hall–Kier alpha value is -3.39. The molecule has 2 aliphatic heterocycles. The monoisotopic (exact) mass is 447 g/mol. The van der Waals surface area contributed by atoms with Crippen molar-refractivity contribution in [2.24, 2.45) is 0 Å². The average Bonchev–Trinajstić information content (AvgIpc) is 3.40. The molecule has 5 rings (SSSR count). The number of ether oxygens (including phenoxy) is 2. The van der Waals surface area contributed by atoms with Gasteiger partial charge in [-0.2, -0.15) is 0 Å². The van der Waals surface area contributed by atoms with Gasteiger partial charge in [0.2, 0.25) is 0 Å². The Kier molecular flexibility index (Phi) is 6.26. The van der Waals surface area contributed by atoms with Crippen molar-refractivity contribution in [1.82, 2.24) is 15.5 Å². The summed E-state index contributed by atoms with van der Waals surface area (Å²) in [6.45, 7) is 4.65. The van der Waals surface area contributed by atoms with Gasteiger partial charge in [-0.15, -0.1) is 10.2 Å². The molecule has 33 heavy (non-hydrogen) atoms. The van der Waals surface area contributed by atoms with Crippen LogP contribution >= 0.6 is 0 Å². The van der Waals surface area contributed by atoms with Crippen molar-refractivity contribution in [3.63, 3.8) is 0 Å². The number of hydrogen-bond donors (Lipinski definition) is 1. The van der Waals surface area contributed by atoms with E-state index < -0.39 is 0 Å². The van der Waals surface area contributed by atoms with Gasteiger partial charge in [-0.3, -0.25) is 4.79 Å². The number of hydrogen-bond acceptors (Lipinski definition) is 7. The number of methoxy groups -OCH3 is 1. The van der Waals surface area contributed by atoms with Crippen molar-refractivity contribution in [2.45, 2.75) is 18.9 Å². The first-order valence-electron chi connectivity index (χ1n) is 11.5. The van der Waals surface area contributed by atoms with E-state index in [9.17, 15) is 4.79 Å². The zero-order valence-corrected chi connectivity index (χ0v) is 18.9. The third kappa shape index (κ3) is 4.57. The lowest BCUT2D eigenvalue weighted by Crippen LogP contribution is -2.47. The van der Waals surface area contributed by atoms with E-state index in [4.69, 9.17) is 9.47 Å². The Morgan fingerprint density at radius 1 is 1.06 bits per heavy atom. The Bertz CT molecular complexity index is 1120. The fourth-order valence-electron chi connectivity index (χ4n) is 4.57. The molecule has 8 heteroatoms. The van der Waals surface area contributed by atoms with Crippen molar-refractivity contribution in [3.8, 4) is 5.75 Å². The van der Waals surface area contributed by atoms with Crippen molar-refractivity contribution in [2.75, 3.05) is 56.2 Å². The molecule has 0 spiro atoms. The van der Waals surface area contributed by atoms with Crippen LogP contribution in [0.4, 0.5) is 11.5 Å². The molecule has 2 aromatic carbocycles. The minimum atomic E-state index is -0.205. The molecule has 2 saturated heterocycles. The number of fused-ring (bicyclic) bond motifs is 1. The molecule has 3 heterocycles. The minimum Gasteiger partial charge on any atom is -0.497 e. The summed E-state index contributed by atoms with van der Waals surface area (Å²) in [6.07, 6.45) is 2.12. The number of piperazine rings is 1. The van der Waals surface area contributed by atoms with Crippen molar-refractivity contribution in [3.05, 3.63) is 54.2 Å². The summed E-state index contributed by atoms with van der Waals surface area (Å²) in [5, 5.41) is 13.6. The molecule has 1 N–H and O–H groups in total. The Balaban J connectivity index is 1.32. The number of carbonyl (C=O) groups is 1. The summed E-state index contributed by atoms with van der Waals surface area (Å²) in [5.41, 5.74) is 1.52. The molecular formula is C25H29N5O3. The fraction of sp³-hybridized carbons (Fsp3) is 0.400. The van der Waals surface area contributed by atoms with Crippen LogP contribution in [0.3, 0.4) is 0 Å². The maximum absolute atomic E-state index is 12.9. The van der Waals surface area contributed by atoms with E-state index in [1.165, 1.54) is 0 Å². The average molecular weight is 448 g/mol. The first-order chi connectivity index (χ1) is 16.2. The molecule has 1 aromatic heterocycles. The van der Waals surface area contributed by atoms with Crippen LogP contribution in [0.15, 0.2) is 48.5 Å². The molecule has 172 valence electrons. The zero-order valence-electron chi connectivity index (χ0n) is 18.9. The minimum absolute atomic E-state index is 0.0910. The predicted octanol–water partition coefficient (Wildman–Crippen LogP) is 2.87. The molecule has 1 atom stereocenters. The summed E-state index contributed by atoms with van der Waals surface area (Å²) >= 11 is 0. The van der Waals surface area contributed by atoms with Crippen LogP contribution in [0.2, 0.25) is 0 Å². The zero-order chi connectivity index (χ0) is 22.6. The van der Waals surface area contributed by atoms with E-state index in [1.54, 1.807) is 7.11 Å². The van der Waals surface area contributed by atoms with Gasteiger partial charge >= 0.3 is 0 Å². The van der Waals surface area contributed by atoms with Crippen LogP contribution in [0.1, 0.15) is 23.3 Å². The highest BCUT2D eigenvalue weighted by atomic mass is 16.5. The summed E-state index contributed by atoms with van der Waals surface area (Å²) in [5.74, 6) is 1.48. The predicted molar refractivity (Wildman–Crippen MR) is 128 cm³/mol. The molecule has 1 amide bonds. The van der Waals surface area contributed by atoms with Crippen LogP contribution in [0, 0.1) is 0 Å². The van der Waals surface area contributed by atoms with Gasteiger partial charge in [0, 0.05) is 61.9 Å². The number of benzene rings is 2. The summed E-state index contributed by atoms with van der Waals surface area (Å²) in [7, 11) is 1.69. The third-order valence-corrected chi connectivity index (χ3v) is 6.39. The SMILES string of the molecule is COc1cccc(N2CCN(c3nnc(C(=O)NCC4CCCO4)c4ccccc34)CC2)c1. The van der Waals surface area contributed by atoms with Crippen LogP contribution in [-0.2, 0) is 4.74 Å². The lowest BCUT2D eigenvalue weighted by Gasteiger charge is -2.37. The van der Waals surface area contributed by atoms with Crippen LogP contribution in [-0.4, -0.2) is 68.6 Å². The summed E-state index contributed by atoms with van der Waals surface area (Å²) < 4.78 is 11.0. The first kappa shape index (κ1) is 21.5. The second-order valence-electron chi connectivity index (χ2n) is 8.44. The second kappa shape index (κ2) is 9.62. The number of aromatic nitrogens is 2. The summed E-state index contributed by atoms with van der Waals surface area (Å²) in [6, 6.07) is 16.0. The third-order valence-electron chi connectivity index (χ3n) is 6.39. The largest absolute Gasteiger partial charge is 0.497 e. The van der Waals surface area contributed by atoms with Crippen LogP contribution in [0.25, 0.3) is 10.8 Å². The number of nitrogens with one attached hydrogen (secondary N) is 1. The van der Waals surface area contributed by atoms with E-state index in [0.717, 1.165) is 73.7 Å². The number of carbonyl (C=O) groups excluding carboxylic acids is 1. The Morgan fingerprint density at radius 2 is 1.85 bits per heavy atom. The molecular weight excluding hydrogens is 418 g/mol. The molecule has 3 aromatic rings. The summed E-state index contributed by atoms with van der Waals surface area (Å²) in [4.78, 5) is 17.5. The number of anilines is 2. The molecule has 0 radical (unpaired) electrons. The number of nitrogens with zero attached hydrogens (tertiary/aromatic N) is 4. The lowest BCUT2D eigenvalue weighted by atomic mass is 10.1. The molecule has 0 saturated carbocycles. The maximum Gasteiger partial charge on any atom is 0.272 e. The highest BCUT2D eigenvalue weighted by molar-refractivity contribution is 6.07. The van der Waals surface area contributed by atoms with Gasteiger partial charge in [0.05, 0.1) is 13.2 Å². The Morgan fingerprint density at radius 3 is 2.61 bits per heavy atom. The van der Waals surface area contributed by atoms with Gasteiger partial charge in [0.25, 0.3) is 5.91 Å². The van der Waals surface area contributed by atoms with Crippen molar-refractivity contribution >= 4 is 28.2 Å². The van der Waals surface area contributed by atoms with E-state index in [-0.39, 0.29) is 12.0 Å². The van der Waals surface area contributed by atoms with Crippen molar-refractivity contribution in [1.29, 1.82) is 0 Å². The van der Waals surface area contributed by atoms with Crippen molar-refractivity contribution < 1.29 is 14.3 Å². The van der Waals surface area contributed by atoms with Gasteiger partial charge in [0.1, 0.15) is 5.75 Å². The highest BCUT2D eigenvalue weighted by Gasteiger charge is 2.24. The van der Waals surface area contributed by atoms with Gasteiger partial charge in [0.15, 0.2) is 11.5 Å². The first-order valence-corrected chi connectivity index (χ1v) is 11.5.